The SMILES string of the molecule is Fc1ccc(F)c(OCCC2CCCNC2)c1. The quantitative estimate of drug-likeness (QED) is 0.875. The molecule has 0 bridgehead atoms. The number of benzene rings is 1. The molecule has 94 valence electrons. The zero-order chi connectivity index (χ0) is 12.1. The van der Waals surface area contributed by atoms with Crippen LogP contribution in [0.25, 0.3) is 0 Å². The second kappa shape index (κ2) is 5.96. The molecule has 2 rings (SSSR count). The van der Waals surface area contributed by atoms with Crippen LogP contribution in [0.1, 0.15) is 19.3 Å². The van der Waals surface area contributed by atoms with Gasteiger partial charge in [0.2, 0.25) is 0 Å². The van der Waals surface area contributed by atoms with Gasteiger partial charge in [0.1, 0.15) is 5.82 Å². The van der Waals surface area contributed by atoms with Crippen LogP contribution < -0.4 is 10.1 Å². The summed E-state index contributed by atoms with van der Waals surface area (Å²) in [6, 6.07) is 3.27. The maximum atomic E-state index is 13.2. The number of nitrogens with one attached hydrogen (secondary N) is 1. The third-order valence-electron chi connectivity index (χ3n) is 3.08. The normalized spacial score (nSPS) is 20.2. The topological polar surface area (TPSA) is 21.3 Å². The second-order valence-corrected chi connectivity index (χ2v) is 4.42. The lowest BCUT2D eigenvalue weighted by Gasteiger charge is -2.22. The van der Waals surface area contributed by atoms with Gasteiger partial charge < -0.3 is 10.1 Å². The Morgan fingerprint density at radius 3 is 3.00 bits per heavy atom. The molecule has 2 nitrogen and oxygen atoms in total. The number of ether oxygens (including phenoxy) is 1. The van der Waals surface area contributed by atoms with E-state index in [0.29, 0.717) is 12.5 Å². The molecule has 17 heavy (non-hydrogen) atoms. The summed E-state index contributed by atoms with van der Waals surface area (Å²) in [5.41, 5.74) is 0. The third-order valence-corrected chi connectivity index (χ3v) is 3.08. The van der Waals surface area contributed by atoms with Gasteiger partial charge in [-0.05, 0) is 50.4 Å². The molecule has 0 aliphatic carbocycles. The van der Waals surface area contributed by atoms with Crippen molar-refractivity contribution >= 4 is 0 Å². The van der Waals surface area contributed by atoms with E-state index < -0.39 is 11.6 Å². The first-order valence-electron chi connectivity index (χ1n) is 6.04. The van der Waals surface area contributed by atoms with Crippen molar-refractivity contribution in [3.63, 3.8) is 0 Å². The van der Waals surface area contributed by atoms with Crippen molar-refractivity contribution in [3.05, 3.63) is 29.8 Å². The Kier molecular flexibility index (Phi) is 4.31. The molecule has 1 aliphatic heterocycles. The second-order valence-electron chi connectivity index (χ2n) is 4.42. The van der Waals surface area contributed by atoms with E-state index in [2.05, 4.69) is 5.32 Å². The number of hydrogen-bond acceptors (Lipinski definition) is 2. The van der Waals surface area contributed by atoms with Gasteiger partial charge in [-0.1, -0.05) is 0 Å². The van der Waals surface area contributed by atoms with Crippen LogP contribution in [0, 0.1) is 17.6 Å². The van der Waals surface area contributed by atoms with Gasteiger partial charge >= 0.3 is 0 Å². The Bertz CT molecular complexity index is 364. The van der Waals surface area contributed by atoms with Crippen LogP contribution >= 0.6 is 0 Å². The van der Waals surface area contributed by atoms with Crippen LogP contribution in [0.2, 0.25) is 0 Å². The van der Waals surface area contributed by atoms with E-state index in [9.17, 15) is 8.78 Å². The lowest BCUT2D eigenvalue weighted by atomic mass is 9.97. The van der Waals surface area contributed by atoms with Gasteiger partial charge in [0, 0.05) is 6.07 Å². The largest absolute Gasteiger partial charge is 0.490 e. The fraction of sp³-hybridized carbons (Fsp3) is 0.538. The summed E-state index contributed by atoms with van der Waals surface area (Å²) >= 11 is 0. The Morgan fingerprint density at radius 1 is 1.35 bits per heavy atom. The molecule has 0 saturated carbocycles. The van der Waals surface area contributed by atoms with Gasteiger partial charge in [-0.2, -0.15) is 0 Å². The van der Waals surface area contributed by atoms with Crippen molar-refractivity contribution in [2.75, 3.05) is 19.7 Å². The van der Waals surface area contributed by atoms with E-state index in [1.54, 1.807) is 0 Å². The molecular formula is C13H17F2NO. The Morgan fingerprint density at radius 2 is 2.24 bits per heavy atom. The monoisotopic (exact) mass is 241 g/mol. The molecule has 4 heteroatoms. The van der Waals surface area contributed by atoms with Crippen molar-refractivity contribution in [1.82, 2.24) is 5.32 Å². The summed E-state index contributed by atoms with van der Waals surface area (Å²) in [6.45, 7) is 2.51. The van der Waals surface area contributed by atoms with E-state index in [1.807, 2.05) is 0 Å². The predicted molar refractivity (Wildman–Crippen MR) is 62.1 cm³/mol. The Hall–Kier alpha value is -1.16. The fourth-order valence-corrected chi connectivity index (χ4v) is 2.09. The maximum Gasteiger partial charge on any atom is 0.165 e. The smallest absolute Gasteiger partial charge is 0.165 e. The van der Waals surface area contributed by atoms with Gasteiger partial charge in [-0.25, -0.2) is 8.78 Å². The van der Waals surface area contributed by atoms with E-state index in [4.69, 9.17) is 4.74 Å². The maximum absolute atomic E-state index is 13.2. The molecule has 1 unspecified atom stereocenters. The first-order valence-corrected chi connectivity index (χ1v) is 6.04. The number of hydrogen-bond donors (Lipinski definition) is 1. The van der Waals surface area contributed by atoms with E-state index in [-0.39, 0.29) is 5.75 Å². The highest BCUT2D eigenvalue weighted by molar-refractivity contribution is 5.24. The first kappa shape index (κ1) is 12.3. The van der Waals surface area contributed by atoms with Crippen molar-refractivity contribution in [2.45, 2.75) is 19.3 Å². The van der Waals surface area contributed by atoms with Gasteiger partial charge in [-0.15, -0.1) is 0 Å². The molecule has 0 spiro atoms. The van der Waals surface area contributed by atoms with Crippen LogP contribution in [-0.4, -0.2) is 19.7 Å². The molecular weight excluding hydrogens is 224 g/mol. The average molecular weight is 241 g/mol. The van der Waals surface area contributed by atoms with E-state index in [0.717, 1.165) is 37.7 Å². The third kappa shape index (κ3) is 3.66. The molecule has 1 N–H and O–H groups in total. The van der Waals surface area contributed by atoms with Crippen LogP contribution in [0.3, 0.4) is 0 Å². The summed E-state index contributed by atoms with van der Waals surface area (Å²) in [5.74, 6) is -0.386. The molecule has 1 saturated heterocycles. The molecule has 1 aliphatic rings. The molecule has 1 heterocycles. The number of piperidine rings is 1. The van der Waals surface area contributed by atoms with Crippen molar-refractivity contribution < 1.29 is 13.5 Å². The zero-order valence-corrected chi connectivity index (χ0v) is 9.72. The van der Waals surface area contributed by atoms with Crippen molar-refractivity contribution in [1.29, 1.82) is 0 Å². The molecule has 1 fully saturated rings. The molecule has 0 radical (unpaired) electrons. The summed E-state index contributed by atoms with van der Waals surface area (Å²) in [6.07, 6.45) is 3.24. The Labute approximate surface area is 100.0 Å². The summed E-state index contributed by atoms with van der Waals surface area (Å²) < 4.78 is 31.4. The number of rotatable bonds is 4. The lowest BCUT2D eigenvalue weighted by molar-refractivity contribution is 0.245. The van der Waals surface area contributed by atoms with Crippen LogP contribution in [-0.2, 0) is 0 Å². The Balaban J connectivity index is 1.79. The minimum Gasteiger partial charge on any atom is -0.490 e. The summed E-state index contributed by atoms with van der Waals surface area (Å²) in [7, 11) is 0. The van der Waals surface area contributed by atoms with Crippen LogP contribution in [0.15, 0.2) is 18.2 Å². The highest BCUT2D eigenvalue weighted by atomic mass is 19.1. The van der Waals surface area contributed by atoms with E-state index >= 15 is 0 Å². The van der Waals surface area contributed by atoms with Gasteiger partial charge in [0.05, 0.1) is 6.61 Å². The van der Waals surface area contributed by atoms with Crippen LogP contribution in [0.4, 0.5) is 8.78 Å². The molecule has 1 atom stereocenters. The highest BCUT2D eigenvalue weighted by Gasteiger charge is 2.13. The first-order chi connectivity index (χ1) is 8.25. The van der Waals surface area contributed by atoms with Gasteiger partial charge in [0.15, 0.2) is 11.6 Å². The molecule has 1 aromatic carbocycles. The predicted octanol–water partition coefficient (Wildman–Crippen LogP) is 2.73. The minimum atomic E-state index is -0.506. The summed E-state index contributed by atoms with van der Waals surface area (Å²) in [4.78, 5) is 0. The lowest BCUT2D eigenvalue weighted by Crippen LogP contribution is -2.30. The standard InChI is InChI=1S/C13H17F2NO/c14-11-3-4-12(15)13(8-11)17-7-5-10-2-1-6-16-9-10/h3-4,8,10,16H,1-2,5-7,9H2. The van der Waals surface area contributed by atoms with Gasteiger partial charge in [0.25, 0.3) is 0 Å². The van der Waals surface area contributed by atoms with Crippen molar-refractivity contribution in [2.24, 2.45) is 5.92 Å². The highest BCUT2D eigenvalue weighted by Crippen LogP contribution is 2.20. The van der Waals surface area contributed by atoms with E-state index in [1.165, 1.54) is 12.8 Å². The molecule has 0 aromatic heterocycles. The van der Waals surface area contributed by atoms with Crippen molar-refractivity contribution in [3.8, 4) is 5.75 Å². The number of halogens is 2. The zero-order valence-electron chi connectivity index (χ0n) is 9.72. The summed E-state index contributed by atoms with van der Waals surface area (Å²) in [5, 5.41) is 3.31. The van der Waals surface area contributed by atoms with Crippen LogP contribution in [0.5, 0.6) is 5.75 Å². The minimum absolute atomic E-state index is 0.00812. The fourth-order valence-electron chi connectivity index (χ4n) is 2.09. The van der Waals surface area contributed by atoms with Gasteiger partial charge in [-0.3, -0.25) is 0 Å². The molecule has 0 amide bonds. The molecule has 1 aromatic rings. The average Bonchev–Trinajstić information content (AvgIpc) is 2.35.